The molecular weight excluding hydrogens is 571 g/mol. The average Bonchev–Trinajstić information content (AvgIpc) is 3.00. The average molecular weight is 609 g/mol. The summed E-state index contributed by atoms with van der Waals surface area (Å²) in [6.45, 7) is 10.4. The maximum atomic E-state index is 12.7. The van der Waals surface area contributed by atoms with Crippen LogP contribution in [-0.4, -0.2) is 51.9 Å². The number of carbonyl (C=O) groups excluding carboxylic acids is 1. The van der Waals surface area contributed by atoms with Crippen molar-refractivity contribution in [2.75, 3.05) is 26.2 Å². The van der Waals surface area contributed by atoms with E-state index in [1.54, 1.807) is 25.3 Å². The Kier molecular flexibility index (Phi) is 13.3. The number of hydrogen-bond acceptors (Lipinski definition) is 5. The van der Waals surface area contributed by atoms with Crippen LogP contribution in [0.15, 0.2) is 88.9 Å². The number of hydrogen-bond donors (Lipinski definition) is 0. The first kappa shape index (κ1) is 33.0. The number of benzene rings is 3. The van der Waals surface area contributed by atoms with E-state index >= 15 is 0 Å². The second-order valence-electron chi connectivity index (χ2n) is 9.84. The highest BCUT2D eigenvalue weighted by Crippen LogP contribution is 2.22. The number of rotatable bonds is 12. The van der Waals surface area contributed by atoms with Crippen LogP contribution in [0.1, 0.15) is 30.5 Å². The second kappa shape index (κ2) is 16.9. The maximum Gasteiger partial charge on any atom is 0.276 e. The number of likely N-dealkylation sites (N-methyl/N-ethyl adjacent to an activating group) is 1. The molecule has 0 saturated heterocycles. The molecule has 0 saturated carbocycles. The predicted octanol–water partition coefficient (Wildman–Crippen LogP) is 6.83. The Bertz CT molecular complexity index is 1460. The van der Waals surface area contributed by atoms with E-state index in [1.165, 1.54) is 23.9 Å². The van der Waals surface area contributed by atoms with Crippen molar-refractivity contribution in [1.29, 1.82) is 0 Å². The van der Waals surface area contributed by atoms with Crippen molar-refractivity contribution < 1.29 is 9.18 Å². The van der Waals surface area contributed by atoms with Crippen molar-refractivity contribution in [2.45, 2.75) is 38.2 Å². The Hall–Kier alpha value is -3.46. The summed E-state index contributed by atoms with van der Waals surface area (Å²) >= 11 is 7.39. The minimum absolute atomic E-state index is 0.199. The molecule has 0 N–H and O–H groups in total. The van der Waals surface area contributed by atoms with E-state index in [0.717, 1.165) is 59.9 Å². The quantitative estimate of drug-likeness (QED) is 0.100. The van der Waals surface area contributed by atoms with Crippen LogP contribution in [0.5, 0.6) is 0 Å². The Morgan fingerprint density at radius 3 is 2.05 bits per heavy atom. The van der Waals surface area contributed by atoms with Crippen molar-refractivity contribution in [1.82, 2.24) is 19.4 Å². The lowest BCUT2D eigenvalue weighted by molar-refractivity contribution is -0.118. The zero-order chi connectivity index (χ0) is 30.5. The molecule has 9 heteroatoms. The number of aromatic nitrogens is 2. The van der Waals surface area contributed by atoms with E-state index in [9.17, 15) is 14.0 Å². The third-order valence-corrected chi connectivity index (χ3v) is 8.14. The molecule has 3 aromatic carbocycles. The van der Waals surface area contributed by atoms with Gasteiger partial charge in [-0.1, -0.05) is 85.7 Å². The minimum Gasteiger partial charge on any atom is -0.340 e. The standard InChI is InChI=1S/C20H25ClN2O.C13H13FN2OS/c1-3-22(4-2)13-14-23(16-24)15-17-5-7-18(8-6-17)19-9-11-20(21)12-10-19;1-9-7-16(2)13(15-12(9)17)18-8-10-3-5-11(14)6-4-10/h5-12,16H,3-4,13-15H2,1-2H3;3-7H,8H2,1-2H3. The molecule has 42 heavy (non-hydrogen) atoms. The summed E-state index contributed by atoms with van der Waals surface area (Å²) in [7, 11) is 1.85. The largest absolute Gasteiger partial charge is 0.340 e. The highest BCUT2D eigenvalue weighted by molar-refractivity contribution is 7.98. The van der Waals surface area contributed by atoms with Gasteiger partial charge in [0.25, 0.3) is 5.56 Å². The monoisotopic (exact) mass is 608 g/mol. The van der Waals surface area contributed by atoms with Gasteiger partial charge in [0.15, 0.2) is 5.16 Å². The molecule has 1 aromatic heterocycles. The molecule has 1 amide bonds. The van der Waals surface area contributed by atoms with Crippen LogP contribution in [0.2, 0.25) is 5.02 Å². The zero-order valence-corrected chi connectivity index (χ0v) is 26.2. The van der Waals surface area contributed by atoms with Crippen molar-refractivity contribution >= 4 is 29.8 Å². The van der Waals surface area contributed by atoms with Crippen LogP contribution in [0.3, 0.4) is 0 Å². The molecule has 0 spiro atoms. The molecule has 0 aliphatic carbocycles. The first-order valence-electron chi connectivity index (χ1n) is 13.9. The van der Waals surface area contributed by atoms with Gasteiger partial charge < -0.3 is 14.4 Å². The lowest BCUT2D eigenvalue weighted by Crippen LogP contribution is -2.34. The van der Waals surface area contributed by atoms with Gasteiger partial charge in [-0.25, -0.2) is 4.39 Å². The maximum absolute atomic E-state index is 12.7. The zero-order valence-electron chi connectivity index (χ0n) is 24.6. The molecule has 1 heterocycles. The van der Waals surface area contributed by atoms with Gasteiger partial charge in [0, 0.05) is 49.2 Å². The van der Waals surface area contributed by atoms with E-state index in [4.69, 9.17) is 11.6 Å². The molecule has 0 unspecified atom stereocenters. The molecule has 222 valence electrons. The molecule has 0 atom stereocenters. The first-order chi connectivity index (χ1) is 20.2. The SMILES string of the molecule is CCN(CC)CCN(C=O)Cc1ccc(-c2ccc(Cl)cc2)cc1.Cc1cn(C)c(SCc2ccc(F)cc2)nc1=O. The van der Waals surface area contributed by atoms with E-state index in [2.05, 4.69) is 48.0 Å². The molecule has 0 aliphatic heterocycles. The topological polar surface area (TPSA) is 58.4 Å². The van der Waals surface area contributed by atoms with Crippen LogP contribution in [-0.2, 0) is 24.1 Å². The van der Waals surface area contributed by atoms with Gasteiger partial charge in [-0.3, -0.25) is 9.59 Å². The smallest absolute Gasteiger partial charge is 0.276 e. The van der Waals surface area contributed by atoms with Gasteiger partial charge in [0.1, 0.15) is 5.82 Å². The number of halogens is 2. The van der Waals surface area contributed by atoms with Crippen molar-refractivity contribution in [2.24, 2.45) is 7.05 Å². The highest BCUT2D eigenvalue weighted by Gasteiger charge is 2.07. The van der Waals surface area contributed by atoms with Crippen molar-refractivity contribution in [3.63, 3.8) is 0 Å². The third kappa shape index (κ3) is 10.4. The molecule has 0 aliphatic rings. The number of carbonyl (C=O) groups is 1. The molecule has 0 bridgehead atoms. The molecule has 4 aromatic rings. The summed E-state index contributed by atoms with van der Waals surface area (Å²) in [5.74, 6) is 0.411. The Balaban J connectivity index is 0.000000240. The molecule has 0 radical (unpaired) electrons. The Labute approximate surface area is 257 Å². The number of nitrogens with zero attached hydrogens (tertiary/aromatic N) is 4. The fourth-order valence-corrected chi connectivity index (χ4v) is 5.19. The normalized spacial score (nSPS) is 10.7. The predicted molar refractivity (Wildman–Crippen MR) is 171 cm³/mol. The van der Waals surface area contributed by atoms with Gasteiger partial charge in [-0.2, -0.15) is 4.98 Å². The van der Waals surface area contributed by atoms with Crippen LogP contribution in [0.4, 0.5) is 4.39 Å². The van der Waals surface area contributed by atoms with Gasteiger partial charge in [-0.15, -0.1) is 0 Å². The first-order valence-corrected chi connectivity index (χ1v) is 15.3. The number of amides is 1. The summed E-state index contributed by atoms with van der Waals surface area (Å²) in [5.41, 5.74) is 4.85. The van der Waals surface area contributed by atoms with Crippen LogP contribution < -0.4 is 5.56 Å². The summed E-state index contributed by atoms with van der Waals surface area (Å²) in [6.07, 6.45) is 2.71. The fraction of sp³-hybridized carbons (Fsp3) is 0.303. The van der Waals surface area contributed by atoms with E-state index < -0.39 is 0 Å². The van der Waals surface area contributed by atoms with Gasteiger partial charge in [0.05, 0.1) is 0 Å². The molecule has 4 rings (SSSR count). The van der Waals surface area contributed by atoms with Gasteiger partial charge in [-0.05, 0) is 66.5 Å². The van der Waals surface area contributed by atoms with Gasteiger partial charge >= 0.3 is 0 Å². The van der Waals surface area contributed by atoms with Crippen molar-refractivity contribution in [3.8, 4) is 11.1 Å². The number of aryl methyl sites for hydroxylation is 2. The molecule has 6 nitrogen and oxygen atoms in total. The lowest BCUT2D eigenvalue weighted by Gasteiger charge is -2.23. The highest BCUT2D eigenvalue weighted by atomic mass is 35.5. The third-order valence-electron chi connectivity index (χ3n) is 6.77. The van der Waals surface area contributed by atoms with Crippen molar-refractivity contribution in [3.05, 3.63) is 117 Å². The van der Waals surface area contributed by atoms with E-state index in [1.807, 2.05) is 40.8 Å². The van der Waals surface area contributed by atoms with Crippen LogP contribution in [0.25, 0.3) is 11.1 Å². The molecule has 0 fully saturated rings. The van der Waals surface area contributed by atoms with E-state index in [0.29, 0.717) is 23.0 Å². The lowest BCUT2D eigenvalue weighted by atomic mass is 10.0. The van der Waals surface area contributed by atoms with Crippen LogP contribution in [0, 0.1) is 12.7 Å². The fourth-order valence-electron chi connectivity index (χ4n) is 4.18. The minimum atomic E-state index is -0.246. The Morgan fingerprint density at radius 1 is 0.905 bits per heavy atom. The molecular formula is C33H38ClFN4O2S. The second-order valence-corrected chi connectivity index (χ2v) is 11.2. The van der Waals surface area contributed by atoms with Gasteiger partial charge in [0.2, 0.25) is 6.41 Å². The summed E-state index contributed by atoms with van der Waals surface area (Å²) in [6, 6.07) is 22.5. The number of thioether (sulfide) groups is 1. The summed E-state index contributed by atoms with van der Waals surface area (Å²) in [5, 5.41) is 1.40. The summed E-state index contributed by atoms with van der Waals surface area (Å²) in [4.78, 5) is 30.9. The summed E-state index contributed by atoms with van der Waals surface area (Å²) < 4.78 is 14.6. The Morgan fingerprint density at radius 2 is 1.48 bits per heavy atom. The van der Waals surface area contributed by atoms with Crippen LogP contribution >= 0.6 is 23.4 Å². The van der Waals surface area contributed by atoms with E-state index in [-0.39, 0.29) is 11.4 Å².